The van der Waals surface area contributed by atoms with E-state index in [-0.39, 0.29) is 18.5 Å². The number of carbonyl (C=O) groups is 2. The van der Waals surface area contributed by atoms with Crippen LogP contribution in [0, 0.1) is 0 Å². The summed E-state index contributed by atoms with van der Waals surface area (Å²) in [4.78, 5) is 24.6. The van der Waals surface area contributed by atoms with Crippen LogP contribution in [0.4, 0.5) is 0 Å². The molecule has 1 aromatic rings. The second kappa shape index (κ2) is 6.91. The standard InChI is InChI=1S/C13H15BrClNO3/c1-3-8(2)16(7-12(17)18)13(19)9-4-10(14)6-11(15)5-9/h4-6,8H,3,7H2,1-2H3,(H,17,18). The molecule has 6 heteroatoms. The van der Waals surface area contributed by atoms with Crippen LogP contribution in [0.3, 0.4) is 0 Å². The Balaban J connectivity index is 3.07. The summed E-state index contributed by atoms with van der Waals surface area (Å²) in [6.45, 7) is 3.40. The summed E-state index contributed by atoms with van der Waals surface area (Å²) in [5.74, 6) is -1.37. The average Bonchev–Trinajstić information content (AvgIpc) is 2.32. The van der Waals surface area contributed by atoms with Gasteiger partial charge in [-0.05, 0) is 31.5 Å². The molecule has 0 aliphatic rings. The van der Waals surface area contributed by atoms with Gasteiger partial charge in [0.25, 0.3) is 5.91 Å². The van der Waals surface area contributed by atoms with Gasteiger partial charge in [-0.15, -0.1) is 0 Å². The number of amides is 1. The first kappa shape index (κ1) is 16.0. The monoisotopic (exact) mass is 347 g/mol. The van der Waals surface area contributed by atoms with E-state index in [0.29, 0.717) is 21.5 Å². The van der Waals surface area contributed by atoms with Crippen molar-refractivity contribution in [3.63, 3.8) is 0 Å². The van der Waals surface area contributed by atoms with Crippen molar-refractivity contribution in [3.05, 3.63) is 33.3 Å². The van der Waals surface area contributed by atoms with Crippen LogP contribution < -0.4 is 0 Å². The molecule has 1 rings (SSSR count). The third kappa shape index (κ3) is 4.51. The Morgan fingerprint density at radius 2 is 2.05 bits per heavy atom. The van der Waals surface area contributed by atoms with Crippen molar-refractivity contribution in [2.75, 3.05) is 6.54 Å². The van der Waals surface area contributed by atoms with Crippen LogP contribution in [0.2, 0.25) is 5.02 Å². The molecule has 0 saturated carbocycles. The molecule has 0 fully saturated rings. The van der Waals surface area contributed by atoms with Crippen LogP contribution in [-0.2, 0) is 4.79 Å². The van der Waals surface area contributed by atoms with Crippen LogP contribution >= 0.6 is 27.5 Å². The molecule has 1 amide bonds. The topological polar surface area (TPSA) is 57.6 Å². The minimum atomic E-state index is -1.03. The van der Waals surface area contributed by atoms with E-state index < -0.39 is 5.97 Å². The first-order valence-corrected chi connectivity index (χ1v) is 7.01. The van der Waals surface area contributed by atoms with Gasteiger partial charge in [-0.25, -0.2) is 0 Å². The fraction of sp³-hybridized carbons (Fsp3) is 0.385. The van der Waals surface area contributed by atoms with Gasteiger partial charge in [0.15, 0.2) is 0 Å². The molecule has 1 unspecified atom stereocenters. The molecular weight excluding hydrogens is 334 g/mol. The van der Waals surface area contributed by atoms with Gasteiger partial charge in [-0.1, -0.05) is 34.5 Å². The number of carbonyl (C=O) groups excluding carboxylic acids is 1. The predicted octanol–water partition coefficient (Wildman–Crippen LogP) is 3.43. The second-order valence-electron chi connectivity index (χ2n) is 4.24. The lowest BCUT2D eigenvalue weighted by Gasteiger charge is -2.27. The molecule has 104 valence electrons. The van der Waals surface area contributed by atoms with Gasteiger partial charge in [-0.3, -0.25) is 9.59 Å². The van der Waals surface area contributed by atoms with Gasteiger partial charge >= 0.3 is 5.97 Å². The van der Waals surface area contributed by atoms with Crippen molar-refractivity contribution in [2.24, 2.45) is 0 Å². The Bertz CT molecular complexity index is 473. The summed E-state index contributed by atoms with van der Waals surface area (Å²) in [7, 11) is 0. The predicted molar refractivity (Wildman–Crippen MR) is 77.6 cm³/mol. The van der Waals surface area contributed by atoms with Crippen LogP contribution in [-0.4, -0.2) is 34.5 Å². The zero-order valence-corrected chi connectivity index (χ0v) is 13.0. The number of carboxylic acids is 1. The number of benzene rings is 1. The Hall–Kier alpha value is -1.07. The maximum absolute atomic E-state index is 12.4. The third-order valence-electron chi connectivity index (χ3n) is 2.80. The molecule has 0 aromatic heterocycles. The van der Waals surface area contributed by atoms with Gasteiger partial charge in [0.1, 0.15) is 6.54 Å². The molecule has 4 nitrogen and oxygen atoms in total. The zero-order chi connectivity index (χ0) is 14.6. The Morgan fingerprint density at radius 1 is 1.42 bits per heavy atom. The van der Waals surface area contributed by atoms with Crippen molar-refractivity contribution in [1.29, 1.82) is 0 Å². The molecule has 1 atom stereocenters. The van der Waals surface area contributed by atoms with E-state index >= 15 is 0 Å². The summed E-state index contributed by atoms with van der Waals surface area (Å²) in [5, 5.41) is 9.33. The van der Waals surface area contributed by atoms with Gasteiger partial charge in [0.05, 0.1) is 0 Å². The Morgan fingerprint density at radius 3 is 2.53 bits per heavy atom. The molecular formula is C13H15BrClNO3. The molecule has 0 heterocycles. The van der Waals surface area contributed by atoms with Gasteiger partial charge < -0.3 is 10.0 Å². The van der Waals surface area contributed by atoms with Crippen LogP contribution in [0.1, 0.15) is 30.6 Å². The summed E-state index contributed by atoms with van der Waals surface area (Å²) < 4.78 is 0.683. The number of halogens is 2. The minimum absolute atomic E-state index is 0.152. The highest BCUT2D eigenvalue weighted by Crippen LogP contribution is 2.21. The third-order valence-corrected chi connectivity index (χ3v) is 3.47. The van der Waals surface area contributed by atoms with Gasteiger partial charge in [-0.2, -0.15) is 0 Å². The summed E-state index contributed by atoms with van der Waals surface area (Å²) >= 11 is 9.16. The molecule has 0 saturated heterocycles. The van der Waals surface area contributed by atoms with E-state index in [4.69, 9.17) is 16.7 Å². The second-order valence-corrected chi connectivity index (χ2v) is 5.59. The summed E-state index contributed by atoms with van der Waals surface area (Å²) in [5.41, 5.74) is 0.376. The lowest BCUT2D eigenvalue weighted by atomic mass is 10.1. The highest BCUT2D eigenvalue weighted by Gasteiger charge is 2.23. The fourth-order valence-electron chi connectivity index (χ4n) is 1.64. The molecule has 1 aromatic carbocycles. The number of rotatable bonds is 5. The van der Waals surface area contributed by atoms with Gasteiger partial charge in [0.2, 0.25) is 0 Å². The Labute approximate surface area is 125 Å². The van der Waals surface area contributed by atoms with E-state index in [1.807, 2.05) is 13.8 Å². The first-order chi connectivity index (χ1) is 8.85. The number of aliphatic carboxylic acids is 1. The van der Waals surface area contributed by atoms with Crippen LogP contribution in [0.25, 0.3) is 0 Å². The van der Waals surface area contributed by atoms with Crippen molar-refractivity contribution >= 4 is 39.4 Å². The maximum atomic E-state index is 12.4. The smallest absolute Gasteiger partial charge is 0.323 e. The van der Waals surface area contributed by atoms with Crippen molar-refractivity contribution in [2.45, 2.75) is 26.3 Å². The molecule has 0 bridgehead atoms. The normalized spacial score (nSPS) is 12.0. The number of hydrogen-bond acceptors (Lipinski definition) is 2. The number of hydrogen-bond donors (Lipinski definition) is 1. The minimum Gasteiger partial charge on any atom is -0.480 e. The van der Waals surface area contributed by atoms with E-state index in [9.17, 15) is 9.59 Å². The molecule has 0 spiro atoms. The average molecular weight is 349 g/mol. The Kier molecular flexibility index (Phi) is 5.82. The maximum Gasteiger partial charge on any atom is 0.323 e. The van der Waals surface area contributed by atoms with Crippen molar-refractivity contribution in [3.8, 4) is 0 Å². The van der Waals surface area contributed by atoms with Crippen LogP contribution in [0.15, 0.2) is 22.7 Å². The highest BCUT2D eigenvalue weighted by molar-refractivity contribution is 9.10. The molecule has 0 radical (unpaired) electrons. The van der Waals surface area contributed by atoms with E-state index in [1.165, 1.54) is 11.0 Å². The van der Waals surface area contributed by atoms with Gasteiger partial charge in [0, 0.05) is 21.1 Å². The zero-order valence-electron chi connectivity index (χ0n) is 10.7. The SMILES string of the molecule is CCC(C)N(CC(=O)O)C(=O)c1cc(Cl)cc(Br)c1. The fourth-order valence-corrected chi connectivity index (χ4v) is 2.50. The van der Waals surface area contributed by atoms with Crippen molar-refractivity contribution < 1.29 is 14.7 Å². The van der Waals surface area contributed by atoms with E-state index in [0.717, 1.165) is 0 Å². The quantitative estimate of drug-likeness (QED) is 0.887. The highest BCUT2D eigenvalue weighted by atomic mass is 79.9. The lowest BCUT2D eigenvalue weighted by molar-refractivity contribution is -0.138. The number of carboxylic acid groups (broad SMARTS) is 1. The van der Waals surface area contributed by atoms with Crippen molar-refractivity contribution in [1.82, 2.24) is 4.90 Å². The number of nitrogens with zero attached hydrogens (tertiary/aromatic N) is 1. The largest absolute Gasteiger partial charge is 0.480 e. The van der Waals surface area contributed by atoms with Crippen LogP contribution in [0.5, 0.6) is 0 Å². The molecule has 0 aliphatic heterocycles. The summed E-state index contributed by atoms with van der Waals surface area (Å²) in [6.07, 6.45) is 0.681. The van der Waals surface area contributed by atoms with E-state index in [1.54, 1.807) is 12.1 Å². The molecule has 0 aliphatic carbocycles. The van der Waals surface area contributed by atoms with E-state index in [2.05, 4.69) is 15.9 Å². The first-order valence-electron chi connectivity index (χ1n) is 5.84. The lowest BCUT2D eigenvalue weighted by Crippen LogP contribution is -2.41. The molecule has 19 heavy (non-hydrogen) atoms. The molecule has 1 N–H and O–H groups in total. The summed E-state index contributed by atoms with van der Waals surface area (Å²) in [6, 6.07) is 4.68.